The molecule has 0 aliphatic rings. The lowest BCUT2D eigenvalue weighted by Gasteiger charge is -2.05. The second kappa shape index (κ2) is 5.47. The highest BCUT2D eigenvalue weighted by Crippen LogP contribution is 2.09. The van der Waals surface area contributed by atoms with Crippen LogP contribution in [0, 0.1) is 6.92 Å². The molecule has 0 radical (unpaired) electrons. The molecule has 7 heteroatoms. The number of nitrogens with one attached hydrogen (secondary N) is 1. The van der Waals surface area contributed by atoms with Crippen molar-refractivity contribution in [3.8, 4) is 0 Å². The van der Waals surface area contributed by atoms with E-state index in [1.54, 1.807) is 6.20 Å². The Morgan fingerprint density at radius 1 is 1.37 bits per heavy atom. The van der Waals surface area contributed by atoms with Crippen molar-refractivity contribution < 1.29 is 9.53 Å². The Bertz CT molecular complexity index is 576. The third kappa shape index (κ3) is 2.87. The summed E-state index contributed by atoms with van der Waals surface area (Å²) in [4.78, 5) is 19.3. The van der Waals surface area contributed by atoms with E-state index in [1.807, 2.05) is 18.7 Å². The lowest BCUT2D eigenvalue weighted by Crippen LogP contribution is -2.07. The maximum absolute atomic E-state index is 11.2. The van der Waals surface area contributed by atoms with Gasteiger partial charge >= 0.3 is 5.97 Å². The van der Waals surface area contributed by atoms with E-state index in [-0.39, 0.29) is 5.69 Å². The van der Waals surface area contributed by atoms with Crippen molar-refractivity contribution in [1.29, 1.82) is 0 Å². The summed E-state index contributed by atoms with van der Waals surface area (Å²) in [6.45, 7) is 2.60. The van der Waals surface area contributed by atoms with E-state index in [0.29, 0.717) is 12.4 Å². The standard InChI is InChI=1S/C12H15N5O2/c1-8-9(5-16-17(8)2)4-14-11-7-13-10(6-15-11)12(18)19-3/h5-7H,4H2,1-3H3,(H,14,15). The van der Waals surface area contributed by atoms with Crippen LogP contribution >= 0.6 is 0 Å². The number of carbonyl (C=O) groups is 1. The van der Waals surface area contributed by atoms with Crippen molar-refractivity contribution >= 4 is 11.8 Å². The van der Waals surface area contributed by atoms with Crippen LogP contribution in [0.1, 0.15) is 21.7 Å². The topological polar surface area (TPSA) is 81.9 Å². The van der Waals surface area contributed by atoms with Gasteiger partial charge in [0.05, 0.1) is 25.7 Å². The van der Waals surface area contributed by atoms with E-state index in [0.717, 1.165) is 11.3 Å². The number of hydrogen-bond acceptors (Lipinski definition) is 6. The van der Waals surface area contributed by atoms with E-state index in [2.05, 4.69) is 25.1 Å². The van der Waals surface area contributed by atoms with E-state index < -0.39 is 5.97 Å². The molecule has 0 aromatic carbocycles. The Balaban J connectivity index is 2.00. The summed E-state index contributed by atoms with van der Waals surface area (Å²) in [5.74, 6) is 0.0954. The van der Waals surface area contributed by atoms with Gasteiger partial charge in [-0.15, -0.1) is 0 Å². The van der Waals surface area contributed by atoms with Crippen molar-refractivity contribution in [2.75, 3.05) is 12.4 Å². The molecule has 0 bridgehead atoms. The number of esters is 1. The van der Waals surface area contributed by atoms with Gasteiger partial charge in [0, 0.05) is 24.8 Å². The Morgan fingerprint density at radius 2 is 2.16 bits per heavy atom. The number of aryl methyl sites for hydroxylation is 1. The summed E-state index contributed by atoms with van der Waals surface area (Å²) in [6, 6.07) is 0. The summed E-state index contributed by atoms with van der Waals surface area (Å²) < 4.78 is 6.36. The smallest absolute Gasteiger partial charge is 0.358 e. The number of aromatic nitrogens is 4. The van der Waals surface area contributed by atoms with Gasteiger partial charge in [-0.05, 0) is 6.92 Å². The molecular formula is C12H15N5O2. The predicted octanol–water partition coefficient (Wildman–Crippen LogP) is 0.917. The van der Waals surface area contributed by atoms with Gasteiger partial charge in [-0.1, -0.05) is 0 Å². The van der Waals surface area contributed by atoms with Gasteiger partial charge in [0.15, 0.2) is 5.69 Å². The Kier molecular flexibility index (Phi) is 3.74. The van der Waals surface area contributed by atoms with Crippen LogP contribution in [0.15, 0.2) is 18.6 Å². The second-order valence-corrected chi connectivity index (χ2v) is 4.01. The first-order valence-electron chi connectivity index (χ1n) is 5.73. The Labute approximate surface area is 110 Å². The van der Waals surface area contributed by atoms with Gasteiger partial charge in [-0.2, -0.15) is 5.10 Å². The molecule has 0 atom stereocenters. The normalized spacial score (nSPS) is 10.3. The van der Waals surface area contributed by atoms with Crippen LogP contribution in [0.25, 0.3) is 0 Å². The molecule has 0 spiro atoms. The first-order valence-corrected chi connectivity index (χ1v) is 5.73. The molecule has 0 fully saturated rings. The average Bonchev–Trinajstić information content (AvgIpc) is 2.76. The SMILES string of the molecule is COC(=O)c1cnc(NCc2cnn(C)c2C)cn1. The highest BCUT2D eigenvalue weighted by atomic mass is 16.5. The van der Waals surface area contributed by atoms with Crippen LogP contribution in [-0.2, 0) is 18.3 Å². The van der Waals surface area contributed by atoms with E-state index >= 15 is 0 Å². The first kappa shape index (κ1) is 13.0. The summed E-state index contributed by atoms with van der Waals surface area (Å²) in [5.41, 5.74) is 2.36. The van der Waals surface area contributed by atoms with Crippen LogP contribution in [-0.4, -0.2) is 32.8 Å². The summed E-state index contributed by atoms with van der Waals surface area (Å²) in [6.07, 6.45) is 4.68. The van der Waals surface area contributed by atoms with Crippen LogP contribution in [0.4, 0.5) is 5.82 Å². The van der Waals surface area contributed by atoms with Crippen LogP contribution < -0.4 is 5.32 Å². The number of rotatable bonds is 4. The Hall–Kier alpha value is -2.44. The molecule has 2 aromatic heterocycles. The lowest BCUT2D eigenvalue weighted by atomic mass is 10.2. The maximum atomic E-state index is 11.2. The molecular weight excluding hydrogens is 246 g/mol. The van der Waals surface area contributed by atoms with Crippen LogP contribution in [0.2, 0.25) is 0 Å². The summed E-state index contributed by atoms with van der Waals surface area (Å²) in [5, 5.41) is 7.28. The fourth-order valence-electron chi connectivity index (χ4n) is 1.53. The van der Waals surface area contributed by atoms with Crippen LogP contribution in [0.5, 0.6) is 0 Å². The minimum atomic E-state index is -0.498. The van der Waals surface area contributed by atoms with Gasteiger partial charge in [-0.25, -0.2) is 14.8 Å². The molecule has 2 aromatic rings. The van der Waals surface area contributed by atoms with Gasteiger partial charge in [0.2, 0.25) is 0 Å². The molecule has 100 valence electrons. The molecule has 0 aliphatic heterocycles. The molecule has 0 saturated heterocycles. The zero-order valence-corrected chi connectivity index (χ0v) is 11.0. The van der Waals surface area contributed by atoms with E-state index in [4.69, 9.17) is 0 Å². The highest BCUT2D eigenvalue weighted by molar-refractivity contribution is 5.86. The van der Waals surface area contributed by atoms with Crippen molar-refractivity contribution in [3.63, 3.8) is 0 Å². The second-order valence-electron chi connectivity index (χ2n) is 4.01. The maximum Gasteiger partial charge on any atom is 0.358 e. The summed E-state index contributed by atoms with van der Waals surface area (Å²) >= 11 is 0. The fourth-order valence-corrected chi connectivity index (χ4v) is 1.53. The number of carbonyl (C=O) groups excluding carboxylic acids is 1. The fraction of sp³-hybridized carbons (Fsp3) is 0.333. The zero-order chi connectivity index (χ0) is 13.8. The third-order valence-corrected chi connectivity index (χ3v) is 2.84. The molecule has 0 aliphatic carbocycles. The monoisotopic (exact) mass is 261 g/mol. The van der Waals surface area contributed by atoms with Crippen molar-refractivity contribution in [3.05, 3.63) is 35.5 Å². The first-order chi connectivity index (χ1) is 9.11. The van der Waals surface area contributed by atoms with Crippen molar-refractivity contribution in [2.45, 2.75) is 13.5 Å². The van der Waals surface area contributed by atoms with Crippen molar-refractivity contribution in [1.82, 2.24) is 19.7 Å². The molecule has 2 heterocycles. The quantitative estimate of drug-likeness (QED) is 0.824. The molecule has 1 N–H and O–H groups in total. The summed E-state index contributed by atoms with van der Waals surface area (Å²) in [7, 11) is 3.20. The number of methoxy groups -OCH3 is 1. The average molecular weight is 261 g/mol. The molecule has 0 saturated carbocycles. The highest BCUT2D eigenvalue weighted by Gasteiger charge is 2.08. The molecule has 0 unspecified atom stereocenters. The minimum absolute atomic E-state index is 0.186. The largest absolute Gasteiger partial charge is 0.464 e. The minimum Gasteiger partial charge on any atom is -0.464 e. The van der Waals surface area contributed by atoms with Gasteiger partial charge < -0.3 is 10.1 Å². The Morgan fingerprint density at radius 3 is 2.68 bits per heavy atom. The molecule has 2 rings (SSSR count). The third-order valence-electron chi connectivity index (χ3n) is 2.84. The number of ether oxygens (including phenoxy) is 1. The predicted molar refractivity (Wildman–Crippen MR) is 68.6 cm³/mol. The lowest BCUT2D eigenvalue weighted by molar-refractivity contribution is 0.0593. The van der Waals surface area contributed by atoms with Gasteiger partial charge in [0.25, 0.3) is 0 Å². The number of hydrogen-bond donors (Lipinski definition) is 1. The van der Waals surface area contributed by atoms with Gasteiger partial charge in [-0.3, -0.25) is 4.68 Å². The number of nitrogens with zero attached hydrogens (tertiary/aromatic N) is 4. The van der Waals surface area contributed by atoms with Crippen LogP contribution in [0.3, 0.4) is 0 Å². The zero-order valence-electron chi connectivity index (χ0n) is 11.0. The van der Waals surface area contributed by atoms with E-state index in [9.17, 15) is 4.79 Å². The van der Waals surface area contributed by atoms with E-state index in [1.165, 1.54) is 19.5 Å². The number of anilines is 1. The molecule has 19 heavy (non-hydrogen) atoms. The van der Waals surface area contributed by atoms with Gasteiger partial charge in [0.1, 0.15) is 5.82 Å². The van der Waals surface area contributed by atoms with Crippen molar-refractivity contribution in [2.24, 2.45) is 7.05 Å². The molecule has 7 nitrogen and oxygen atoms in total. The molecule has 0 amide bonds.